The highest BCUT2D eigenvalue weighted by molar-refractivity contribution is 6.21. The van der Waals surface area contributed by atoms with Crippen LogP contribution in [0.2, 0.25) is 0 Å². The molecule has 1 fully saturated rings. The first-order chi connectivity index (χ1) is 13.5. The molecule has 0 radical (unpaired) electrons. The summed E-state index contributed by atoms with van der Waals surface area (Å²) in [5.74, 6) is -2.37. The average Bonchev–Trinajstić information content (AvgIpc) is 3.20. The van der Waals surface area contributed by atoms with Crippen molar-refractivity contribution in [2.24, 2.45) is 5.92 Å². The molecule has 1 atom stereocenters. The number of benzene rings is 2. The predicted molar refractivity (Wildman–Crippen MR) is 99.5 cm³/mol. The number of fused-ring (bicyclic) bond motifs is 1. The molecule has 28 heavy (non-hydrogen) atoms. The maximum Gasteiger partial charge on any atom is 0.313 e. The highest BCUT2D eigenvalue weighted by atomic mass is 16.5. The number of nitrogens with zero attached hydrogens (tertiary/aromatic N) is 2. The number of aryl methyl sites for hydroxylation is 1. The normalized spacial score (nSPS) is 18.6. The van der Waals surface area contributed by atoms with Crippen molar-refractivity contribution in [1.82, 2.24) is 4.90 Å². The Hall–Kier alpha value is -3.48. The van der Waals surface area contributed by atoms with Gasteiger partial charge in [-0.3, -0.25) is 19.2 Å². The second kappa shape index (κ2) is 6.92. The van der Waals surface area contributed by atoms with E-state index in [-0.39, 0.29) is 18.9 Å². The van der Waals surface area contributed by atoms with E-state index in [0.717, 1.165) is 16.2 Å². The van der Waals surface area contributed by atoms with Gasteiger partial charge in [0.25, 0.3) is 11.8 Å². The number of amides is 3. The maximum atomic E-state index is 12.4. The Morgan fingerprint density at radius 1 is 1.00 bits per heavy atom. The first-order valence-electron chi connectivity index (χ1n) is 8.94. The Morgan fingerprint density at radius 2 is 1.61 bits per heavy atom. The van der Waals surface area contributed by atoms with Gasteiger partial charge >= 0.3 is 5.97 Å². The molecule has 0 N–H and O–H groups in total. The molecule has 7 heteroatoms. The van der Waals surface area contributed by atoms with E-state index in [4.69, 9.17) is 4.74 Å². The first-order valence-corrected chi connectivity index (χ1v) is 8.94. The van der Waals surface area contributed by atoms with E-state index in [1.165, 1.54) is 0 Å². The number of carbonyl (C=O) groups excluding carboxylic acids is 4. The molecular formula is C21H18N2O5. The number of anilines is 1. The fraction of sp³-hybridized carbons (Fsp3) is 0.238. The molecule has 0 saturated carbocycles. The molecule has 2 aromatic rings. The number of esters is 1. The van der Waals surface area contributed by atoms with Gasteiger partial charge in [-0.25, -0.2) is 4.90 Å². The van der Waals surface area contributed by atoms with Gasteiger partial charge in [-0.15, -0.1) is 0 Å². The van der Waals surface area contributed by atoms with E-state index in [1.54, 1.807) is 29.2 Å². The SMILES string of the molecule is Cc1ccc(N2C[C@H](C(=O)OCN3C(=O)c4ccccc4C3=O)CC2=O)cc1. The van der Waals surface area contributed by atoms with Crippen molar-refractivity contribution in [1.29, 1.82) is 0 Å². The fourth-order valence-corrected chi connectivity index (χ4v) is 3.44. The molecule has 0 unspecified atom stereocenters. The lowest BCUT2D eigenvalue weighted by Gasteiger charge is -2.18. The molecule has 0 spiro atoms. The van der Waals surface area contributed by atoms with Gasteiger partial charge in [-0.05, 0) is 31.2 Å². The Bertz CT molecular complexity index is 948. The lowest BCUT2D eigenvalue weighted by Crippen LogP contribution is -2.35. The summed E-state index contributed by atoms with van der Waals surface area (Å²) in [5, 5.41) is 0. The van der Waals surface area contributed by atoms with E-state index in [2.05, 4.69) is 0 Å². The zero-order chi connectivity index (χ0) is 19.8. The summed E-state index contributed by atoms with van der Waals surface area (Å²) in [6.45, 7) is 1.71. The van der Waals surface area contributed by atoms with Gasteiger partial charge in [0.1, 0.15) is 0 Å². The molecule has 2 aliphatic rings. The third-order valence-corrected chi connectivity index (χ3v) is 5.02. The Morgan fingerprint density at radius 3 is 2.21 bits per heavy atom. The number of hydrogen-bond acceptors (Lipinski definition) is 5. The molecule has 142 valence electrons. The maximum absolute atomic E-state index is 12.4. The standard InChI is InChI=1S/C21H18N2O5/c1-13-6-8-15(9-7-13)22-11-14(10-18(22)24)21(27)28-12-23-19(25)16-4-2-3-5-17(16)20(23)26/h2-9,14H,10-12H2,1H3/t14-/m1/s1. The number of ether oxygens (including phenoxy) is 1. The number of carbonyl (C=O) groups is 4. The second-order valence-electron chi connectivity index (χ2n) is 6.92. The minimum absolute atomic E-state index is 0.0365. The van der Waals surface area contributed by atoms with Crippen LogP contribution in [0.5, 0.6) is 0 Å². The first kappa shape index (κ1) is 17.9. The Kier molecular flexibility index (Phi) is 4.43. The van der Waals surface area contributed by atoms with Crippen molar-refractivity contribution in [3.63, 3.8) is 0 Å². The van der Waals surface area contributed by atoms with Crippen LogP contribution in [0.15, 0.2) is 48.5 Å². The van der Waals surface area contributed by atoms with Crippen molar-refractivity contribution in [2.45, 2.75) is 13.3 Å². The predicted octanol–water partition coefficient (Wildman–Crippen LogP) is 2.14. The summed E-state index contributed by atoms with van der Waals surface area (Å²) in [6, 6.07) is 13.9. The quantitative estimate of drug-likeness (QED) is 0.601. The molecule has 1 saturated heterocycles. The summed E-state index contributed by atoms with van der Waals surface area (Å²) >= 11 is 0. The van der Waals surface area contributed by atoms with E-state index >= 15 is 0 Å². The summed E-state index contributed by atoms with van der Waals surface area (Å²) in [5.41, 5.74) is 2.40. The summed E-state index contributed by atoms with van der Waals surface area (Å²) in [6.07, 6.45) is 0.0365. The molecular weight excluding hydrogens is 360 g/mol. The molecule has 2 heterocycles. The van der Waals surface area contributed by atoms with Crippen LogP contribution >= 0.6 is 0 Å². The molecule has 0 aliphatic carbocycles. The Balaban J connectivity index is 1.39. The van der Waals surface area contributed by atoms with Gasteiger partial charge in [0.2, 0.25) is 5.91 Å². The second-order valence-corrected chi connectivity index (χ2v) is 6.92. The van der Waals surface area contributed by atoms with Gasteiger partial charge in [-0.1, -0.05) is 29.8 Å². The molecule has 4 rings (SSSR count). The highest BCUT2D eigenvalue weighted by Crippen LogP contribution is 2.27. The topological polar surface area (TPSA) is 84.0 Å². The van der Waals surface area contributed by atoms with Crippen LogP contribution in [0.3, 0.4) is 0 Å². The van der Waals surface area contributed by atoms with Crippen LogP contribution < -0.4 is 4.90 Å². The fourth-order valence-electron chi connectivity index (χ4n) is 3.44. The van der Waals surface area contributed by atoms with Crippen LogP contribution in [-0.2, 0) is 14.3 Å². The average molecular weight is 378 g/mol. The van der Waals surface area contributed by atoms with Crippen LogP contribution in [-0.4, -0.2) is 41.9 Å². The number of rotatable bonds is 4. The minimum atomic E-state index is -0.635. The zero-order valence-corrected chi connectivity index (χ0v) is 15.3. The van der Waals surface area contributed by atoms with E-state index < -0.39 is 30.4 Å². The molecule has 2 aromatic carbocycles. The van der Waals surface area contributed by atoms with Crippen LogP contribution in [0.25, 0.3) is 0 Å². The smallest absolute Gasteiger partial charge is 0.313 e. The van der Waals surface area contributed by atoms with Gasteiger partial charge in [0.15, 0.2) is 6.73 Å². The van der Waals surface area contributed by atoms with E-state index in [0.29, 0.717) is 11.1 Å². The van der Waals surface area contributed by atoms with Crippen molar-refractivity contribution < 1.29 is 23.9 Å². The highest BCUT2D eigenvalue weighted by Gasteiger charge is 2.39. The monoisotopic (exact) mass is 378 g/mol. The summed E-state index contributed by atoms with van der Waals surface area (Å²) in [4.78, 5) is 51.8. The van der Waals surface area contributed by atoms with Crippen LogP contribution in [0, 0.1) is 12.8 Å². The van der Waals surface area contributed by atoms with Gasteiger partial charge in [0, 0.05) is 18.7 Å². The zero-order valence-electron chi connectivity index (χ0n) is 15.3. The molecule has 0 aromatic heterocycles. The Labute approximate surface area is 161 Å². The largest absolute Gasteiger partial charge is 0.443 e. The third-order valence-electron chi connectivity index (χ3n) is 5.02. The van der Waals surface area contributed by atoms with Crippen molar-refractivity contribution >= 4 is 29.4 Å². The van der Waals surface area contributed by atoms with E-state index in [9.17, 15) is 19.2 Å². The van der Waals surface area contributed by atoms with Gasteiger partial charge in [-0.2, -0.15) is 0 Å². The molecule has 0 bridgehead atoms. The van der Waals surface area contributed by atoms with Crippen molar-refractivity contribution in [3.05, 3.63) is 65.2 Å². The molecule has 7 nitrogen and oxygen atoms in total. The van der Waals surface area contributed by atoms with Gasteiger partial charge in [0.05, 0.1) is 17.0 Å². The molecule has 3 amide bonds. The summed E-state index contributed by atoms with van der Waals surface area (Å²) in [7, 11) is 0. The minimum Gasteiger partial charge on any atom is -0.443 e. The van der Waals surface area contributed by atoms with Crippen molar-refractivity contribution in [3.8, 4) is 0 Å². The lowest BCUT2D eigenvalue weighted by atomic mass is 10.1. The van der Waals surface area contributed by atoms with Crippen LogP contribution in [0.4, 0.5) is 5.69 Å². The molecule has 2 aliphatic heterocycles. The van der Waals surface area contributed by atoms with E-state index in [1.807, 2.05) is 31.2 Å². The number of imide groups is 1. The number of hydrogen-bond donors (Lipinski definition) is 0. The van der Waals surface area contributed by atoms with Gasteiger partial charge < -0.3 is 9.64 Å². The lowest BCUT2D eigenvalue weighted by molar-refractivity contribution is -0.151. The third kappa shape index (κ3) is 3.05. The summed E-state index contributed by atoms with van der Waals surface area (Å²) < 4.78 is 5.20. The van der Waals surface area contributed by atoms with Crippen LogP contribution in [0.1, 0.15) is 32.7 Å². The van der Waals surface area contributed by atoms with Crippen molar-refractivity contribution in [2.75, 3.05) is 18.2 Å².